The first-order valence-electron chi connectivity index (χ1n) is 47.2. The van der Waals surface area contributed by atoms with Crippen LogP contribution in [0.5, 0.6) is 11.5 Å². The molecule has 13 heteroatoms. The van der Waals surface area contributed by atoms with Crippen molar-refractivity contribution in [1.82, 2.24) is 39.9 Å². The molecule has 0 spiro atoms. The molecule has 618 valence electrons. The van der Waals surface area contributed by atoms with Crippen LogP contribution in [-0.2, 0) is 58.0 Å². The molecular weight excluding hydrogens is 1570 g/mol. The van der Waals surface area contributed by atoms with Gasteiger partial charge in [-0.3, -0.25) is 0 Å². The van der Waals surface area contributed by atoms with Gasteiger partial charge in [0.15, 0.2) is 0 Å². The molecule has 9 rings (SSSR count). The van der Waals surface area contributed by atoms with Crippen LogP contribution in [0.4, 0.5) is 0 Å². The average molecular weight is 1720 g/mol. The van der Waals surface area contributed by atoms with Gasteiger partial charge in [-0.05, 0) is 166 Å². The third-order valence-corrected chi connectivity index (χ3v) is 26.2. The summed E-state index contributed by atoms with van der Waals surface area (Å²) in [5, 5.41) is 3.79. The summed E-state index contributed by atoms with van der Waals surface area (Å²) in [4.78, 5) is 47.7. The maximum absolute atomic E-state index is 7.11. The molecule has 4 aromatic carbocycles. The number of rotatable bonds is 62. The summed E-state index contributed by atoms with van der Waals surface area (Å²) < 4.78 is 15.8. The molecule has 2 aliphatic rings. The number of nitrogens with zero attached hydrogens (tertiary/aromatic N) is 8. The zero-order chi connectivity index (χ0) is 78.8. The SMILES string of the molecule is CCCCCCCCCCc1ccc(CCCCCCCCCC)c2c1-c1nc-2nc2[n-]c(nc3nc(nc4[n-]c(n1)c1c(CCCCCCCCCC)ccc(CCCCCCCCCC)c41)-c1c(CCCCCCCCCC)ccc(CCCCCCCCCC)c1-3)c1c(OCCCC)c(Br)c(Br)c(OCCCC)c21.[Zn+2]. The molecule has 0 saturated carbocycles. The van der Waals surface area contributed by atoms with E-state index in [1.807, 2.05) is 0 Å². The quantitative estimate of drug-likeness (QED) is 0.0269. The summed E-state index contributed by atoms with van der Waals surface area (Å²) in [6, 6.07) is 14.7. The van der Waals surface area contributed by atoms with Crippen LogP contribution in [0.15, 0.2) is 45.3 Å². The number of fused-ring (bicyclic) bond motifs is 20. The van der Waals surface area contributed by atoms with Gasteiger partial charge in [-0.25, -0.2) is 9.97 Å². The van der Waals surface area contributed by atoms with E-state index in [2.05, 4.69) is 124 Å². The summed E-state index contributed by atoms with van der Waals surface area (Å²) >= 11 is 8.31. The molecular formula is C100H150Br2N8O2Zn. The topological polar surface area (TPSA) is 124 Å². The second-order valence-corrected chi connectivity index (χ2v) is 35.3. The van der Waals surface area contributed by atoms with E-state index in [4.69, 9.17) is 49.3 Å². The van der Waals surface area contributed by atoms with E-state index < -0.39 is 0 Å². The van der Waals surface area contributed by atoms with Gasteiger partial charge in [-0.2, -0.15) is 0 Å². The first kappa shape index (κ1) is 93.9. The molecule has 7 aromatic rings. The molecule has 10 nitrogen and oxygen atoms in total. The molecule has 0 fully saturated rings. The van der Waals surface area contributed by atoms with Gasteiger partial charge in [0.2, 0.25) is 0 Å². The maximum Gasteiger partial charge on any atom is 2.00 e. The predicted octanol–water partition coefficient (Wildman–Crippen LogP) is 32.1. The summed E-state index contributed by atoms with van der Waals surface area (Å²) in [5.41, 5.74) is 14.5. The monoisotopic (exact) mass is 1720 g/mol. The van der Waals surface area contributed by atoms with Crippen LogP contribution in [0.1, 0.15) is 423 Å². The first-order chi connectivity index (χ1) is 55.2. The van der Waals surface area contributed by atoms with E-state index >= 15 is 0 Å². The number of benzene rings is 4. The van der Waals surface area contributed by atoms with Crippen molar-refractivity contribution in [2.45, 2.75) is 428 Å². The van der Waals surface area contributed by atoms with Gasteiger partial charge < -0.3 is 39.4 Å². The Morgan fingerprint density at radius 3 is 0.637 bits per heavy atom. The fraction of sp³-hybridized carbons (Fsp3) is 0.680. The molecule has 5 heterocycles. The number of ether oxygens (including phenoxy) is 2. The minimum absolute atomic E-state index is 0. The second-order valence-electron chi connectivity index (χ2n) is 33.7. The summed E-state index contributed by atoms with van der Waals surface area (Å²) in [6.45, 7) is 19.4. The third kappa shape index (κ3) is 28.6. The van der Waals surface area contributed by atoms with E-state index in [9.17, 15) is 0 Å². The van der Waals surface area contributed by atoms with Gasteiger partial charge in [-0.15, -0.1) is 0 Å². The Bertz CT molecular complexity index is 3810. The summed E-state index contributed by atoms with van der Waals surface area (Å²) in [5.74, 6) is 4.00. The van der Waals surface area contributed by atoms with Crippen molar-refractivity contribution in [3.63, 3.8) is 0 Å². The molecule has 0 unspecified atom stereocenters. The molecule has 0 N–H and O–H groups in total. The molecule has 0 radical (unpaired) electrons. The number of aromatic nitrogens is 8. The number of hydrogen-bond donors (Lipinski definition) is 0. The number of unbranched alkanes of at least 4 members (excludes halogenated alkanes) is 44. The van der Waals surface area contributed by atoms with Crippen molar-refractivity contribution >= 4 is 76.0 Å². The molecule has 3 aromatic heterocycles. The molecule has 8 bridgehead atoms. The van der Waals surface area contributed by atoms with Crippen molar-refractivity contribution in [3.8, 4) is 57.1 Å². The van der Waals surface area contributed by atoms with Gasteiger partial charge in [0.25, 0.3) is 0 Å². The predicted molar refractivity (Wildman–Crippen MR) is 488 cm³/mol. The van der Waals surface area contributed by atoms with Crippen molar-refractivity contribution in [3.05, 3.63) is 78.7 Å². The van der Waals surface area contributed by atoms with Crippen molar-refractivity contribution in [1.29, 1.82) is 0 Å². The van der Waals surface area contributed by atoms with E-state index in [0.29, 0.717) is 59.3 Å². The second kappa shape index (κ2) is 54.5. The summed E-state index contributed by atoms with van der Waals surface area (Å²) in [7, 11) is 0. The van der Waals surface area contributed by atoms with Crippen LogP contribution in [0.25, 0.3) is 89.7 Å². The van der Waals surface area contributed by atoms with Crippen LogP contribution in [-0.4, -0.2) is 43.1 Å². The van der Waals surface area contributed by atoms with E-state index in [0.717, 1.165) is 167 Å². The fourth-order valence-corrected chi connectivity index (χ4v) is 18.4. The third-order valence-electron chi connectivity index (χ3n) is 24.2. The van der Waals surface area contributed by atoms with Crippen molar-refractivity contribution in [2.75, 3.05) is 13.2 Å². The minimum Gasteiger partial charge on any atom is -0.492 e. The maximum atomic E-state index is 7.11. The normalized spacial score (nSPS) is 11.9. The largest absolute Gasteiger partial charge is 2.00 e. The molecule has 2 aliphatic heterocycles. The van der Waals surface area contributed by atoms with E-state index in [-0.39, 0.29) is 19.5 Å². The minimum atomic E-state index is 0. The molecule has 0 amide bonds. The Kier molecular flexibility index (Phi) is 45.3. The molecule has 0 saturated heterocycles. The Hall–Kier alpha value is -4.58. The number of hydrogen-bond acceptors (Lipinski definition) is 8. The standard InChI is InChI=1S/C100H150Br2N8O2.Zn/c1-9-17-25-31-37-43-49-55-61-75-67-68-76(62-56-50-44-38-32-26-18-10-2)82-81(75)93-103-94(82)105-96-84-78(64-58-52-46-40-34-28-20-12-4)70-72-80(66-60-54-48-42-36-30-22-14-6)86(84)98(107-96)109-100-88-87(91(111-73-23-15-7)89(101)90(102)92(88)112-74-24-16-8)99(110-100)108-97-85-79(65-59-53-47-41-35-29-21-13-5)71-69-77(83(85)95(104-93)106-97)63-57-51-45-39-33-27-19-11-3;/h67-72H,9-66,73-74H2,1-8H3;/q-2;+2. The van der Waals surface area contributed by atoms with Gasteiger partial charge >= 0.3 is 19.5 Å². The smallest absolute Gasteiger partial charge is 0.492 e. The van der Waals surface area contributed by atoms with E-state index in [1.54, 1.807) is 0 Å². The van der Waals surface area contributed by atoms with Crippen LogP contribution in [0.2, 0.25) is 0 Å². The Morgan fingerprint density at radius 2 is 0.416 bits per heavy atom. The Morgan fingerprint density at radius 1 is 0.230 bits per heavy atom. The van der Waals surface area contributed by atoms with E-state index in [1.165, 1.54) is 303 Å². The van der Waals surface area contributed by atoms with Gasteiger partial charge in [0, 0.05) is 55.6 Å². The van der Waals surface area contributed by atoms with Crippen molar-refractivity contribution < 1.29 is 29.0 Å². The molecule has 113 heavy (non-hydrogen) atoms. The zero-order valence-electron chi connectivity index (χ0n) is 72.7. The molecule has 0 aliphatic carbocycles. The van der Waals surface area contributed by atoms with Crippen LogP contribution >= 0.6 is 31.9 Å². The summed E-state index contributed by atoms with van der Waals surface area (Å²) in [6.07, 6.45) is 69.6. The Labute approximate surface area is 716 Å². The fourth-order valence-electron chi connectivity index (χ4n) is 17.4. The van der Waals surface area contributed by atoms with Crippen LogP contribution in [0, 0.1) is 0 Å². The average Bonchev–Trinajstić information content (AvgIpc) is 1.57. The zero-order valence-corrected chi connectivity index (χ0v) is 78.9. The number of halogens is 2. The number of aryl methyl sites for hydroxylation is 6. The Balaban J connectivity index is 0.0000160. The first-order valence-corrected chi connectivity index (χ1v) is 48.8. The van der Waals surface area contributed by atoms with Gasteiger partial charge in [0.1, 0.15) is 11.5 Å². The van der Waals surface area contributed by atoms with Gasteiger partial charge in [-0.1, -0.05) is 374 Å². The van der Waals surface area contributed by atoms with Crippen LogP contribution in [0.3, 0.4) is 0 Å². The molecule has 0 atom stereocenters. The van der Waals surface area contributed by atoms with Gasteiger partial charge in [0.05, 0.1) is 45.5 Å². The van der Waals surface area contributed by atoms with Crippen LogP contribution < -0.4 is 19.4 Å². The van der Waals surface area contributed by atoms with Crippen molar-refractivity contribution in [2.24, 2.45) is 0 Å².